The predicted octanol–water partition coefficient (Wildman–Crippen LogP) is -0.172. The topological polar surface area (TPSA) is 129 Å². The lowest BCUT2D eigenvalue weighted by molar-refractivity contribution is -0.155. The Kier molecular flexibility index (Phi) is 3.54. The first kappa shape index (κ1) is 12.9. The van der Waals surface area contributed by atoms with Gasteiger partial charge in [-0.2, -0.15) is 8.42 Å². The third kappa shape index (κ3) is 2.50. The fourth-order valence-electron chi connectivity index (χ4n) is 2.10. The van der Waals surface area contributed by atoms with Crippen LogP contribution in [0.25, 0.3) is 0 Å². The largest absolute Gasteiger partial charge is 0.481 e. The monoisotopic (exact) mass is 252 g/mol. The van der Waals surface area contributed by atoms with E-state index in [4.69, 9.17) is 14.8 Å². The van der Waals surface area contributed by atoms with Crippen molar-refractivity contribution in [2.75, 3.05) is 0 Å². The van der Waals surface area contributed by atoms with Crippen LogP contribution in [0.1, 0.15) is 19.3 Å². The van der Waals surface area contributed by atoms with Gasteiger partial charge in [-0.25, -0.2) is 0 Å². The molecule has 0 saturated heterocycles. The average molecular weight is 252 g/mol. The smallest absolute Gasteiger partial charge is 0.308 e. The lowest BCUT2D eigenvalue weighted by atomic mass is 9.79. The Balaban J connectivity index is 3.10. The summed E-state index contributed by atoms with van der Waals surface area (Å²) < 4.78 is 30.8. The lowest BCUT2D eigenvalue weighted by Crippen LogP contribution is -2.45. The van der Waals surface area contributed by atoms with E-state index in [1.165, 1.54) is 0 Å². The quantitative estimate of drug-likeness (QED) is 0.594. The molecule has 0 amide bonds. The molecule has 8 heteroatoms. The van der Waals surface area contributed by atoms with E-state index in [1.54, 1.807) is 0 Å². The number of carbonyl (C=O) groups is 2. The fraction of sp³-hybridized carbons (Fsp3) is 0.750. The first-order valence-electron chi connectivity index (χ1n) is 4.67. The van der Waals surface area contributed by atoms with Crippen molar-refractivity contribution in [1.29, 1.82) is 0 Å². The molecular weight excluding hydrogens is 240 g/mol. The summed E-state index contributed by atoms with van der Waals surface area (Å²) in [4.78, 5) is 21.7. The van der Waals surface area contributed by atoms with Gasteiger partial charge in [0.05, 0.1) is 11.8 Å². The van der Waals surface area contributed by atoms with Crippen molar-refractivity contribution >= 4 is 22.1 Å². The van der Waals surface area contributed by atoms with Gasteiger partial charge in [-0.3, -0.25) is 14.1 Å². The number of hydrogen-bond donors (Lipinski definition) is 3. The summed E-state index contributed by atoms with van der Waals surface area (Å²) >= 11 is 0. The molecule has 3 unspecified atom stereocenters. The Labute approximate surface area is 91.8 Å². The van der Waals surface area contributed by atoms with E-state index >= 15 is 0 Å². The van der Waals surface area contributed by atoms with Crippen LogP contribution in [-0.4, -0.2) is 40.4 Å². The van der Waals surface area contributed by atoms with E-state index < -0.39 is 39.1 Å². The standard InChI is InChI=1S/C8H12O7S/c9-7(10)4-2-1-3-5(16(13,14)15)6(4)8(11)12/h4-6H,1-3H2,(H,9,10)(H,11,12)(H,13,14,15). The van der Waals surface area contributed by atoms with Crippen LogP contribution in [0.4, 0.5) is 0 Å². The summed E-state index contributed by atoms with van der Waals surface area (Å²) in [5, 5.41) is 16.1. The molecule has 3 atom stereocenters. The highest BCUT2D eigenvalue weighted by molar-refractivity contribution is 7.86. The molecule has 16 heavy (non-hydrogen) atoms. The SMILES string of the molecule is O=C(O)C1CCCC(S(=O)(=O)O)C1C(=O)O. The molecule has 1 saturated carbocycles. The summed E-state index contributed by atoms with van der Waals surface area (Å²) in [6.45, 7) is 0. The van der Waals surface area contributed by atoms with Crippen molar-refractivity contribution < 1.29 is 32.8 Å². The molecule has 1 fully saturated rings. The van der Waals surface area contributed by atoms with Gasteiger partial charge in [-0.05, 0) is 12.8 Å². The number of carboxylic acids is 2. The summed E-state index contributed by atoms with van der Waals surface area (Å²) in [6.07, 6.45) is 0.350. The van der Waals surface area contributed by atoms with Crippen LogP contribution in [0, 0.1) is 11.8 Å². The van der Waals surface area contributed by atoms with E-state index in [0.29, 0.717) is 0 Å². The molecule has 1 rings (SSSR count). The van der Waals surface area contributed by atoms with Crippen molar-refractivity contribution in [1.82, 2.24) is 0 Å². The molecule has 7 nitrogen and oxygen atoms in total. The van der Waals surface area contributed by atoms with Gasteiger partial charge in [0.25, 0.3) is 10.1 Å². The van der Waals surface area contributed by atoms with Gasteiger partial charge in [0.2, 0.25) is 0 Å². The van der Waals surface area contributed by atoms with Gasteiger partial charge in [0.15, 0.2) is 0 Å². The Morgan fingerprint density at radius 1 is 1.06 bits per heavy atom. The first-order valence-corrected chi connectivity index (χ1v) is 6.17. The summed E-state index contributed by atoms with van der Waals surface area (Å²) in [6, 6.07) is 0. The summed E-state index contributed by atoms with van der Waals surface area (Å²) in [5.74, 6) is -5.70. The van der Waals surface area contributed by atoms with E-state index in [0.717, 1.165) is 0 Å². The zero-order chi connectivity index (χ0) is 12.5. The second-order valence-corrected chi connectivity index (χ2v) is 5.43. The van der Waals surface area contributed by atoms with Crippen LogP contribution in [0.3, 0.4) is 0 Å². The molecule has 0 radical (unpaired) electrons. The number of hydrogen-bond acceptors (Lipinski definition) is 4. The molecular formula is C8H12O7S. The third-order valence-electron chi connectivity index (χ3n) is 2.82. The van der Waals surface area contributed by atoms with Gasteiger partial charge in [-0.1, -0.05) is 6.42 Å². The van der Waals surface area contributed by atoms with E-state index in [2.05, 4.69) is 0 Å². The second-order valence-electron chi connectivity index (χ2n) is 3.79. The maximum atomic E-state index is 11.0. The van der Waals surface area contributed by atoms with Gasteiger partial charge in [0.1, 0.15) is 5.25 Å². The van der Waals surface area contributed by atoms with Crippen LogP contribution in [0.15, 0.2) is 0 Å². The molecule has 0 bridgehead atoms. The highest BCUT2D eigenvalue weighted by Crippen LogP contribution is 2.34. The minimum absolute atomic E-state index is 0.0282. The molecule has 0 aliphatic heterocycles. The molecule has 0 aromatic heterocycles. The molecule has 0 aromatic carbocycles. The highest BCUT2D eigenvalue weighted by Gasteiger charge is 2.47. The van der Waals surface area contributed by atoms with E-state index in [9.17, 15) is 18.0 Å². The first-order chi connectivity index (χ1) is 7.25. The molecule has 0 spiro atoms. The summed E-state index contributed by atoms with van der Waals surface area (Å²) in [5.41, 5.74) is 0. The minimum atomic E-state index is -4.53. The predicted molar refractivity (Wildman–Crippen MR) is 51.4 cm³/mol. The Morgan fingerprint density at radius 3 is 2.00 bits per heavy atom. The lowest BCUT2D eigenvalue weighted by Gasteiger charge is -2.30. The number of aliphatic carboxylic acids is 2. The maximum absolute atomic E-state index is 11.0. The van der Waals surface area contributed by atoms with Gasteiger partial charge in [-0.15, -0.1) is 0 Å². The van der Waals surface area contributed by atoms with E-state index in [1.807, 2.05) is 0 Å². The van der Waals surface area contributed by atoms with Crippen LogP contribution >= 0.6 is 0 Å². The maximum Gasteiger partial charge on any atom is 0.308 e. The van der Waals surface area contributed by atoms with Crippen molar-refractivity contribution in [3.63, 3.8) is 0 Å². The van der Waals surface area contributed by atoms with E-state index in [-0.39, 0.29) is 19.3 Å². The van der Waals surface area contributed by atoms with Gasteiger partial charge < -0.3 is 10.2 Å². The molecule has 0 heterocycles. The molecule has 1 aliphatic carbocycles. The van der Waals surface area contributed by atoms with Crippen molar-refractivity contribution in [3.8, 4) is 0 Å². The average Bonchev–Trinajstić information content (AvgIpc) is 2.14. The number of carboxylic acid groups (broad SMARTS) is 2. The second kappa shape index (κ2) is 4.38. The summed E-state index contributed by atoms with van der Waals surface area (Å²) in [7, 11) is -4.53. The van der Waals surface area contributed by atoms with Crippen LogP contribution in [0.5, 0.6) is 0 Å². The van der Waals surface area contributed by atoms with Crippen LogP contribution < -0.4 is 0 Å². The zero-order valence-corrected chi connectivity index (χ0v) is 9.05. The molecule has 0 aromatic rings. The van der Waals surface area contributed by atoms with Crippen LogP contribution in [-0.2, 0) is 19.7 Å². The van der Waals surface area contributed by atoms with Crippen molar-refractivity contribution in [2.45, 2.75) is 24.5 Å². The fourth-order valence-corrected chi connectivity index (χ4v) is 3.24. The highest BCUT2D eigenvalue weighted by atomic mass is 32.2. The third-order valence-corrected chi connectivity index (χ3v) is 4.12. The Hall–Kier alpha value is -1.15. The molecule has 1 aliphatic rings. The van der Waals surface area contributed by atoms with Crippen molar-refractivity contribution in [3.05, 3.63) is 0 Å². The molecule has 92 valence electrons. The molecule has 3 N–H and O–H groups in total. The Bertz CT molecular complexity index is 399. The van der Waals surface area contributed by atoms with Gasteiger partial charge in [0, 0.05) is 0 Å². The zero-order valence-electron chi connectivity index (χ0n) is 8.24. The number of rotatable bonds is 3. The Morgan fingerprint density at radius 2 is 1.62 bits per heavy atom. The van der Waals surface area contributed by atoms with Gasteiger partial charge >= 0.3 is 11.9 Å². The van der Waals surface area contributed by atoms with Crippen molar-refractivity contribution in [2.24, 2.45) is 11.8 Å². The van der Waals surface area contributed by atoms with Crippen LogP contribution in [0.2, 0.25) is 0 Å². The normalized spacial score (nSPS) is 30.9. The minimum Gasteiger partial charge on any atom is -0.481 e.